The van der Waals surface area contributed by atoms with Gasteiger partial charge in [0.05, 0.1) is 0 Å². The topological polar surface area (TPSA) is 64.6 Å². The quantitative estimate of drug-likeness (QED) is 0.697. The van der Waals surface area contributed by atoms with Crippen LogP contribution in [0, 0.1) is 0 Å². The molecule has 134 valence electrons. The van der Waals surface area contributed by atoms with Gasteiger partial charge in [0.15, 0.2) is 4.21 Å². The van der Waals surface area contributed by atoms with E-state index in [1.54, 1.807) is 12.1 Å². The van der Waals surface area contributed by atoms with Crippen molar-refractivity contribution in [3.05, 3.63) is 54.1 Å². The molecule has 0 amide bonds. The zero-order valence-corrected chi connectivity index (χ0v) is 15.5. The highest BCUT2D eigenvalue weighted by molar-refractivity contribution is 7.89. The van der Waals surface area contributed by atoms with Gasteiger partial charge in [-0.1, -0.05) is 18.2 Å². The van der Waals surface area contributed by atoms with Crippen molar-refractivity contribution in [2.75, 3.05) is 13.1 Å². The van der Waals surface area contributed by atoms with Crippen molar-refractivity contribution in [3.8, 4) is 11.5 Å². The number of hydrogen-bond donors (Lipinski definition) is 1. The Kier molecular flexibility index (Phi) is 3.70. The summed E-state index contributed by atoms with van der Waals surface area (Å²) in [5, 5.41) is 4.23. The second kappa shape index (κ2) is 5.97. The molecule has 5 rings (SSSR count). The summed E-state index contributed by atoms with van der Waals surface area (Å²) < 4.78 is 37.9. The van der Waals surface area contributed by atoms with Gasteiger partial charge in [0.2, 0.25) is 0 Å². The Morgan fingerprint density at radius 1 is 1.15 bits per heavy atom. The van der Waals surface area contributed by atoms with E-state index in [0.29, 0.717) is 11.7 Å². The summed E-state index contributed by atoms with van der Waals surface area (Å²) in [6.07, 6.45) is 1.10. The number of hydrogen-bond acceptors (Lipinski definition) is 6. The van der Waals surface area contributed by atoms with Crippen LogP contribution in [0.2, 0.25) is 0 Å². The highest BCUT2D eigenvalue weighted by Crippen LogP contribution is 2.43. The molecule has 0 bridgehead atoms. The molecule has 2 aromatic carbocycles. The SMILES string of the molecule is O=S(=O)(Oc1ccc2c(c1)C1CCNCC1O2)c1cc2ccccc2s1. The Morgan fingerprint density at radius 3 is 2.92 bits per heavy atom. The van der Waals surface area contributed by atoms with Crippen LogP contribution in [0.4, 0.5) is 0 Å². The van der Waals surface area contributed by atoms with Crippen LogP contribution in [0.3, 0.4) is 0 Å². The number of ether oxygens (including phenoxy) is 1. The molecule has 1 aromatic heterocycles. The van der Waals surface area contributed by atoms with E-state index < -0.39 is 10.1 Å². The van der Waals surface area contributed by atoms with Gasteiger partial charge in [-0.05, 0) is 48.7 Å². The molecule has 7 heteroatoms. The molecule has 2 atom stereocenters. The van der Waals surface area contributed by atoms with E-state index in [1.165, 1.54) is 11.3 Å². The summed E-state index contributed by atoms with van der Waals surface area (Å²) in [7, 11) is -3.86. The first kappa shape index (κ1) is 16.1. The van der Waals surface area contributed by atoms with E-state index in [-0.39, 0.29) is 10.3 Å². The summed E-state index contributed by atoms with van der Waals surface area (Å²) in [5.41, 5.74) is 1.04. The molecule has 2 unspecified atom stereocenters. The first-order valence-electron chi connectivity index (χ1n) is 8.54. The predicted molar refractivity (Wildman–Crippen MR) is 101 cm³/mol. The van der Waals surface area contributed by atoms with Crippen LogP contribution >= 0.6 is 11.3 Å². The lowest BCUT2D eigenvalue weighted by molar-refractivity contribution is 0.177. The maximum Gasteiger partial charge on any atom is 0.348 e. The maximum atomic E-state index is 12.7. The van der Waals surface area contributed by atoms with Gasteiger partial charge in [0.1, 0.15) is 17.6 Å². The molecule has 26 heavy (non-hydrogen) atoms. The van der Waals surface area contributed by atoms with Gasteiger partial charge in [0, 0.05) is 22.7 Å². The molecular weight excluding hydrogens is 370 g/mol. The molecule has 1 N–H and O–H groups in total. The summed E-state index contributed by atoms with van der Waals surface area (Å²) in [6, 6.07) is 14.5. The summed E-state index contributed by atoms with van der Waals surface area (Å²) >= 11 is 1.22. The summed E-state index contributed by atoms with van der Waals surface area (Å²) in [5.74, 6) is 1.46. The van der Waals surface area contributed by atoms with Gasteiger partial charge in [-0.2, -0.15) is 8.42 Å². The van der Waals surface area contributed by atoms with Crippen molar-refractivity contribution in [1.82, 2.24) is 5.32 Å². The third kappa shape index (κ3) is 2.67. The Labute approximate surface area is 155 Å². The molecule has 2 aliphatic rings. The van der Waals surface area contributed by atoms with E-state index in [0.717, 1.165) is 40.9 Å². The van der Waals surface area contributed by atoms with E-state index in [2.05, 4.69) is 5.32 Å². The fourth-order valence-electron chi connectivity index (χ4n) is 3.70. The lowest BCUT2D eigenvalue weighted by Crippen LogP contribution is -2.39. The number of nitrogens with one attached hydrogen (secondary N) is 1. The fourth-order valence-corrected chi connectivity index (χ4v) is 5.98. The number of thiophene rings is 1. The third-order valence-corrected chi connectivity index (χ3v) is 7.74. The molecule has 0 radical (unpaired) electrons. The first-order valence-corrected chi connectivity index (χ1v) is 10.8. The molecule has 1 saturated heterocycles. The number of fused-ring (bicyclic) bond motifs is 4. The van der Waals surface area contributed by atoms with Crippen molar-refractivity contribution in [3.63, 3.8) is 0 Å². The van der Waals surface area contributed by atoms with Gasteiger partial charge >= 0.3 is 10.1 Å². The normalized spacial score (nSPS) is 21.8. The zero-order valence-electron chi connectivity index (χ0n) is 13.8. The fraction of sp³-hybridized carbons (Fsp3) is 0.263. The van der Waals surface area contributed by atoms with E-state index in [1.807, 2.05) is 36.4 Å². The first-order chi connectivity index (χ1) is 12.6. The summed E-state index contributed by atoms with van der Waals surface area (Å²) in [6.45, 7) is 1.75. The Bertz CT molecular complexity index is 1060. The molecule has 0 saturated carbocycles. The van der Waals surface area contributed by atoms with E-state index >= 15 is 0 Å². The van der Waals surface area contributed by atoms with Crippen molar-refractivity contribution in [2.45, 2.75) is 22.7 Å². The van der Waals surface area contributed by atoms with Crippen molar-refractivity contribution in [2.24, 2.45) is 0 Å². The lowest BCUT2D eigenvalue weighted by Gasteiger charge is -2.24. The van der Waals surface area contributed by atoms with Crippen LogP contribution in [0.1, 0.15) is 17.9 Å². The van der Waals surface area contributed by atoms with Crippen LogP contribution in [0.5, 0.6) is 11.5 Å². The lowest BCUT2D eigenvalue weighted by atomic mass is 9.90. The van der Waals surface area contributed by atoms with Crippen LogP contribution < -0.4 is 14.2 Å². The van der Waals surface area contributed by atoms with Crippen molar-refractivity contribution < 1.29 is 17.3 Å². The predicted octanol–water partition coefficient (Wildman–Crippen LogP) is 3.51. The minimum atomic E-state index is -3.86. The average Bonchev–Trinajstić information content (AvgIpc) is 3.23. The van der Waals surface area contributed by atoms with Crippen LogP contribution in [0.15, 0.2) is 52.7 Å². The third-order valence-electron chi connectivity index (χ3n) is 4.94. The molecule has 3 heterocycles. The Morgan fingerprint density at radius 2 is 2.04 bits per heavy atom. The van der Waals surface area contributed by atoms with E-state index in [4.69, 9.17) is 8.92 Å². The molecule has 0 spiro atoms. The van der Waals surface area contributed by atoms with Crippen molar-refractivity contribution >= 4 is 31.5 Å². The number of benzene rings is 2. The van der Waals surface area contributed by atoms with Gasteiger partial charge in [0.25, 0.3) is 0 Å². The zero-order chi connectivity index (χ0) is 17.7. The molecular formula is C19H17NO4S2. The Balaban J connectivity index is 1.46. The molecule has 1 fully saturated rings. The standard InChI is InChI=1S/C19H17NO4S2/c21-26(22,19-9-12-3-1-2-4-18(12)25-19)24-13-5-6-16-15(10-13)14-7-8-20-11-17(14)23-16/h1-6,9-10,14,17,20H,7-8,11H2. The molecule has 5 nitrogen and oxygen atoms in total. The monoisotopic (exact) mass is 387 g/mol. The molecule has 0 aliphatic carbocycles. The average molecular weight is 387 g/mol. The van der Waals surface area contributed by atoms with E-state index in [9.17, 15) is 8.42 Å². The smallest absolute Gasteiger partial charge is 0.348 e. The second-order valence-corrected chi connectivity index (χ2v) is 9.45. The summed E-state index contributed by atoms with van der Waals surface area (Å²) in [4.78, 5) is 0. The van der Waals surface area contributed by atoms with Gasteiger partial charge in [-0.15, -0.1) is 11.3 Å². The largest absolute Gasteiger partial charge is 0.488 e. The highest BCUT2D eigenvalue weighted by atomic mass is 32.3. The molecule has 3 aromatic rings. The number of rotatable bonds is 3. The minimum absolute atomic E-state index is 0.119. The minimum Gasteiger partial charge on any atom is -0.488 e. The van der Waals surface area contributed by atoms with Crippen molar-refractivity contribution in [1.29, 1.82) is 0 Å². The van der Waals surface area contributed by atoms with Gasteiger partial charge in [-0.3, -0.25) is 0 Å². The maximum absolute atomic E-state index is 12.7. The van der Waals surface area contributed by atoms with Crippen LogP contribution in [-0.2, 0) is 10.1 Å². The van der Waals surface area contributed by atoms with Crippen LogP contribution in [0.25, 0.3) is 10.1 Å². The molecule has 2 aliphatic heterocycles. The number of piperidine rings is 1. The highest BCUT2D eigenvalue weighted by Gasteiger charge is 2.36. The second-order valence-electron chi connectivity index (χ2n) is 6.60. The van der Waals surface area contributed by atoms with Gasteiger partial charge < -0.3 is 14.2 Å². The van der Waals surface area contributed by atoms with Gasteiger partial charge in [-0.25, -0.2) is 0 Å². The Hall–Kier alpha value is -2.09. The van der Waals surface area contributed by atoms with Crippen LogP contribution in [-0.4, -0.2) is 27.6 Å².